The summed E-state index contributed by atoms with van der Waals surface area (Å²) in [7, 11) is 0. The monoisotopic (exact) mass is 249 g/mol. The van der Waals surface area contributed by atoms with Gasteiger partial charge in [0.1, 0.15) is 5.82 Å². The van der Waals surface area contributed by atoms with Gasteiger partial charge < -0.3 is 4.90 Å². The SMILES string of the molecule is CCCN(CCC)C1CCc2cccc(F)c2C1. The van der Waals surface area contributed by atoms with Gasteiger partial charge in [-0.1, -0.05) is 26.0 Å². The van der Waals surface area contributed by atoms with E-state index in [4.69, 9.17) is 0 Å². The van der Waals surface area contributed by atoms with Gasteiger partial charge in [-0.15, -0.1) is 0 Å². The lowest BCUT2D eigenvalue weighted by atomic mass is 9.87. The number of halogens is 1. The van der Waals surface area contributed by atoms with E-state index in [1.165, 1.54) is 24.8 Å². The van der Waals surface area contributed by atoms with E-state index in [9.17, 15) is 4.39 Å². The van der Waals surface area contributed by atoms with Gasteiger partial charge in [0.25, 0.3) is 0 Å². The molecule has 18 heavy (non-hydrogen) atoms. The summed E-state index contributed by atoms with van der Waals surface area (Å²) >= 11 is 0. The molecule has 0 spiro atoms. The zero-order chi connectivity index (χ0) is 13.0. The molecule has 2 heteroatoms. The van der Waals surface area contributed by atoms with E-state index in [1.54, 1.807) is 6.07 Å². The van der Waals surface area contributed by atoms with Crippen molar-refractivity contribution >= 4 is 0 Å². The summed E-state index contributed by atoms with van der Waals surface area (Å²) < 4.78 is 13.9. The van der Waals surface area contributed by atoms with E-state index in [2.05, 4.69) is 24.8 Å². The molecule has 1 aromatic rings. The summed E-state index contributed by atoms with van der Waals surface area (Å²) in [4.78, 5) is 2.55. The van der Waals surface area contributed by atoms with Crippen LogP contribution >= 0.6 is 0 Å². The van der Waals surface area contributed by atoms with Crippen molar-refractivity contribution in [1.29, 1.82) is 0 Å². The summed E-state index contributed by atoms with van der Waals surface area (Å²) in [5.74, 6) is -0.00912. The third-order valence-corrected chi connectivity index (χ3v) is 3.94. The Morgan fingerprint density at radius 3 is 2.61 bits per heavy atom. The van der Waals surface area contributed by atoms with E-state index in [-0.39, 0.29) is 5.82 Å². The topological polar surface area (TPSA) is 3.24 Å². The average molecular weight is 249 g/mol. The number of hydrogen-bond donors (Lipinski definition) is 0. The molecule has 100 valence electrons. The predicted octanol–water partition coefficient (Wildman–Crippen LogP) is 3.81. The lowest BCUT2D eigenvalue weighted by molar-refractivity contribution is 0.178. The summed E-state index contributed by atoms with van der Waals surface area (Å²) in [6.07, 6.45) is 5.46. The van der Waals surface area contributed by atoms with Crippen molar-refractivity contribution in [2.24, 2.45) is 0 Å². The van der Waals surface area contributed by atoms with E-state index < -0.39 is 0 Å². The first kappa shape index (κ1) is 13.5. The van der Waals surface area contributed by atoms with Crippen LogP contribution in [0.3, 0.4) is 0 Å². The summed E-state index contributed by atoms with van der Waals surface area (Å²) in [6.45, 7) is 6.73. The van der Waals surface area contributed by atoms with E-state index >= 15 is 0 Å². The predicted molar refractivity (Wildman–Crippen MR) is 74.4 cm³/mol. The molecule has 0 fully saturated rings. The highest BCUT2D eigenvalue weighted by Crippen LogP contribution is 2.26. The fraction of sp³-hybridized carbons (Fsp3) is 0.625. The van der Waals surface area contributed by atoms with Crippen molar-refractivity contribution in [2.75, 3.05) is 13.1 Å². The van der Waals surface area contributed by atoms with Crippen LogP contribution in [0, 0.1) is 5.82 Å². The molecule has 0 amide bonds. The molecule has 0 aromatic heterocycles. The van der Waals surface area contributed by atoms with Crippen LogP contribution in [-0.4, -0.2) is 24.0 Å². The zero-order valence-corrected chi connectivity index (χ0v) is 11.6. The quantitative estimate of drug-likeness (QED) is 0.767. The molecule has 0 aliphatic heterocycles. The first-order valence-electron chi connectivity index (χ1n) is 7.26. The highest BCUT2D eigenvalue weighted by atomic mass is 19.1. The van der Waals surface area contributed by atoms with Crippen molar-refractivity contribution in [3.8, 4) is 0 Å². The summed E-state index contributed by atoms with van der Waals surface area (Å²) in [5, 5.41) is 0. The molecule has 1 unspecified atom stereocenters. The molecule has 1 atom stereocenters. The fourth-order valence-electron chi connectivity index (χ4n) is 3.09. The molecular weight excluding hydrogens is 225 g/mol. The third kappa shape index (κ3) is 2.92. The number of fused-ring (bicyclic) bond motifs is 1. The Balaban J connectivity index is 2.12. The van der Waals surface area contributed by atoms with E-state index in [0.717, 1.165) is 31.5 Å². The first-order valence-corrected chi connectivity index (χ1v) is 7.26. The molecule has 0 N–H and O–H groups in total. The van der Waals surface area contributed by atoms with Crippen molar-refractivity contribution in [3.63, 3.8) is 0 Å². The molecule has 1 nitrogen and oxygen atoms in total. The molecule has 0 saturated carbocycles. The number of nitrogens with zero attached hydrogens (tertiary/aromatic N) is 1. The van der Waals surface area contributed by atoms with Gasteiger partial charge >= 0.3 is 0 Å². The first-order chi connectivity index (χ1) is 8.76. The number of rotatable bonds is 5. The number of benzene rings is 1. The van der Waals surface area contributed by atoms with Gasteiger partial charge in [0.2, 0.25) is 0 Å². The molecule has 0 bridgehead atoms. The van der Waals surface area contributed by atoms with Crippen LogP contribution in [0.1, 0.15) is 44.2 Å². The van der Waals surface area contributed by atoms with Gasteiger partial charge in [-0.2, -0.15) is 0 Å². The molecule has 2 rings (SSSR count). The maximum atomic E-state index is 13.9. The van der Waals surface area contributed by atoms with Crippen LogP contribution in [0.4, 0.5) is 4.39 Å². The molecule has 0 saturated heterocycles. The summed E-state index contributed by atoms with van der Waals surface area (Å²) in [6, 6.07) is 6.06. The van der Waals surface area contributed by atoms with Crippen LogP contribution in [0.5, 0.6) is 0 Å². The molecule has 1 aliphatic carbocycles. The standard InChI is InChI=1S/C16H24FN/c1-3-10-18(11-4-2)14-9-8-13-6-5-7-16(17)15(13)12-14/h5-7,14H,3-4,8-12H2,1-2H3. The van der Waals surface area contributed by atoms with Crippen LogP contribution < -0.4 is 0 Å². The Labute approximate surface area is 110 Å². The van der Waals surface area contributed by atoms with Crippen molar-refractivity contribution < 1.29 is 4.39 Å². The minimum atomic E-state index is -0.00912. The van der Waals surface area contributed by atoms with Crippen LogP contribution in [0.25, 0.3) is 0 Å². The van der Waals surface area contributed by atoms with Crippen molar-refractivity contribution in [3.05, 3.63) is 35.1 Å². The van der Waals surface area contributed by atoms with Gasteiger partial charge in [-0.3, -0.25) is 0 Å². The summed E-state index contributed by atoms with van der Waals surface area (Å²) in [5.41, 5.74) is 2.19. The van der Waals surface area contributed by atoms with Gasteiger partial charge in [0.15, 0.2) is 0 Å². The smallest absolute Gasteiger partial charge is 0.126 e. The Morgan fingerprint density at radius 2 is 1.94 bits per heavy atom. The second kappa shape index (κ2) is 6.33. The lowest BCUT2D eigenvalue weighted by Crippen LogP contribution is -2.40. The van der Waals surface area contributed by atoms with Gasteiger partial charge in [-0.05, 0) is 62.4 Å². The van der Waals surface area contributed by atoms with Crippen LogP contribution in [0.2, 0.25) is 0 Å². The molecule has 1 aromatic carbocycles. The Hall–Kier alpha value is -0.890. The lowest BCUT2D eigenvalue weighted by Gasteiger charge is -2.35. The number of hydrogen-bond acceptors (Lipinski definition) is 1. The minimum Gasteiger partial charge on any atom is -0.300 e. The molecule has 1 aliphatic rings. The normalized spacial score (nSPS) is 19.0. The third-order valence-electron chi connectivity index (χ3n) is 3.94. The second-order valence-corrected chi connectivity index (χ2v) is 5.31. The van der Waals surface area contributed by atoms with Crippen molar-refractivity contribution in [1.82, 2.24) is 4.90 Å². The van der Waals surface area contributed by atoms with Gasteiger partial charge in [0.05, 0.1) is 0 Å². The zero-order valence-electron chi connectivity index (χ0n) is 11.6. The minimum absolute atomic E-state index is 0.00912. The van der Waals surface area contributed by atoms with E-state index in [1.807, 2.05) is 6.07 Å². The van der Waals surface area contributed by atoms with Gasteiger partial charge in [0, 0.05) is 6.04 Å². The Bertz CT molecular complexity index is 383. The van der Waals surface area contributed by atoms with Crippen molar-refractivity contribution in [2.45, 2.75) is 52.0 Å². The molecular formula is C16H24FN. The average Bonchev–Trinajstić information content (AvgIpc) is 2.39. The largest absolute Gasteiger partial charge is 0.300 e. The Morgan fingerprint density at radius 1 is 1.22 bits per heavy atom. The molecule has 0 radical (unpaired) electrons. The maximum absolute atomic E-state index is 13.9. The second-order valence-electron chi connectivity index (χ2n) is 5.31. The highest BCUT2D eigenvalue weighted by Gasteiger charge is 2.25. The highest BCUT2D eigenvalue weighted by molar-refractivity contribution is 5.31. The van der Waals surface area contributed by atoms with E-state index in [0.29, 0.717) is 6.04 Å². The molecule has 0 heterocycles. The Kier molecular flexibility index (Phi) is 4.76. The maximum Gasteiger partial charge on any atom is 0.126 e. The van der Waals surface area contributed by atoms with Gasteiger partial charge in [-0.25, -0.2) is 4.39 Å². The van der Waals surface area contributed by atoms with Crippen LogP contribution in [-0.2, 0) is 12.8 Å². The number of aryl methyl sites for hydroxylation is 1. The van der Waals surface area contributed by atoms with Crippen LogP contribution in [0.15, 0.2) is 18.2 Å². The fourth-order valence-corrected chi connectivity index (χ4v) is 3.09.